The van der Waals surface area contributed by atoms with Gasteiger partial charge in [0.15, 0.2) is 0 Å². The molecule has 1 aromatic heterocycles. The van der Waals surface area contributed by atoms with Gasteiger partial charge in [-0.05, 0) is 25.1 Å². The van der Waals surface area contributed by atoms with Crippen LogP contribution in [-0.4, -0.2) is 34.0 Å². The van der Waals surface area contributed by atoms with Gasteiger partial charge in [0.2, 0.25) is 17.6 Å². The van der Waals surface area contributed by atoms with E-state index in [0.717, 1.165) is 12.1 Å². The molecule has 2 heterocycles. The number of nitrogens with zero attached hydrogens (tertiary/aromatic N) is 3. The highest BCUT2D eigenvalue weighted by Crippen LogP contribution is 2.31. The van der Waals surface area contributed by atoms with Gasteiger partial charge >= 0.3 is 6.18 Å². The minimum absolute atomic E-state index is 0.0988. The summed E-state index contributed by atoms with van der Waals surface area (Å²) in [7, 11) is 0. The Morgan fingerprint density at radius 1 is 1.42 bits per heavy atom. The molecule has 1 aliphatic rings. The molecular weight excluding hydrogens is 325 g/mol. The number of carbonyl (C=O) groups excluding carboxylic acids is 1. The molecule has 0 radical (unpaired) electrons. The summed E-state index contributed by atoms with van der Waals surface area (Å²) in [4.78, 5) is 17.2. The van der Waals surface area contributed by atoms with Crippen molar-refractivity contribution >= 4 is 5.91 Å². The average molecular weight is 340 g/mol. The lowest BCUT2D eigenvalue weighted by molar-refractivity contribution is -0.137. The summed E-state index contributed by atoms with van der Waals surface area (Å²) in [5.74, 6) is -0.155. The van der Waals surface area contributed by atoms with Gasteiger partial charge in [-0.2, -0.15) is 18.2 Å². The summed E-state index contributed by atoms with van der Waals surface area (Å²) in [6, 6.07) is 4.75. The SMILES string of the molecule is NC(=O)C1CCN(Cc2nc(-c3cccc(C(F)(F)F)c3)no2)C1. The van der Waals surface area contributed by atoms with Gasteiger partial charge in [0.25, 0.3) is 0 Å². The quantitative estimate of drug-likeness (QED) is 0.921. The molecule has 128 valence electrons. The van der Waals surface area contributed by atoms with Gasteiger partial charge in [-0.1, -0.05) is 17.3 Å². The molecule has 3 rings (SSSR count). The van der Waals surface area contributed by atoms with Gasteiger partial charge in [-0.25, -0.2) is 0 Å². The van der Waals surface area contributed by atoms with E-state index in [1.54, 1.807) is 0 Å². The Balaban J connectivity index is 1.71. The second-order valence-corrected chi connectivity index (χ2v) is 5.71. The number of halogens is 3. The molecular formula is C15H15F3N4O2. The Bertz CT molecular complexity index is 744. The molecule has 1 atom stereocenters. The number of alkyl halides is 3. The molecule has 1 saturated heterocycles. The van der Waals surface area contributed by atoms with Crippen molar-refractivity contribution in [3.8, 4) is 11.4 Å². The van der Waals surface area contributed by atoms with Crippen molar-refractivity contribution in [2.45, 2.75) is 19.1 Å². The van der Waals surface area contributed by atoms with Crippen molar-refractivity contribution in [3.63, 3.8) is 0 Å². The van der Waals surface area contributed by atoms with E-state index in [2.05, 4.69) is 10.1 Å². The summed E-state index contributed by atoms with van der Waals surface area (Å²) in [6.07, 6.45) is -3.76. The third kappa shape index (κ3) is 3.56. The fourth-order valence-corrected chi connectivity index (χ4v) is 2.67. The number of carbonyl (C=O) groups is 1. The number of hydrogen-bond donors (Lipinski definition) is 1. The highest BCUT2D eigenvalue weighted by atomic mass is 19.4. The molecule has 1 aliphatic heterocycles. The van der Waals surface area contributed by atoms with E-state index in [1.165, 1.54) is 12.1 Å². The van der Waals surface area contributed by atoms with E-state index in [9.17, 15) is 18.0 Å². The number of benzene rings is 1. The number of amides is 1. The predicted molar refractivity (Wildman–Crippen MR) is 77.3 cm³/mol. The second kappa shape index (κ2) is 6.23. The summed E-state index contributed by atoms with van der Waals surface area (Å²) < 4.78 is 43.4. The topological polar surface area (TPSA) is 85.3 Å². The number of nitrogens with two attached hydrogens (primary N) is 1. The average Bonchev–Trinajstić information content (AvgIpc) is 3.16. The molecule has 1 amide bonds. The van der Waals surface area contributed by atoms with Crippen LogP contribution in [0, 0.1) is 5.92 Å². The number of hydrogen-bond acceptors (Lipinski definition) is 5. The van der Waals surface area contributed by atoms with Crippen LogP contribution < -0.4 is 5.73 Å². The van der Waals surface area contributed by atoms with Gasteiger partial charge < -0.3 is 10.3 Å². The smallest absolute Gasteiger partial charge is 0.369 e. The van der Waals surface area contributed by atoms with Crippen LogP contribution in [0.25, 0.3) is 11.4 Å². The highest BCUT2D eigenvalue weighted by Gasteiger charge is 2.31. The Labute approximate surface area is 135 Å². The largest absolute Gasteiger partial charge is 0.416 e. The Morgan fingerprint density at radius 2 is 2.21 bits per heavy atom. The van der Waals surface area contributed by atoms with Crippen LogP contribution in [0.5, 0.6) is 0 Å². The zero-order valence-corrected chi connectivity index (χ0v) is 12.6. The minimum atomic E-state index is -4.43. The maximum Gasteiger partial charge on any atom is 0.416 e. The van der Waals surface area contributed by atoms with E-state index < -0.39 is 11.7 Å². The van der Waals surface area contributed by atoms with Crippen LogP contribution >= 0.6 is 0 Å². The monoisotopic (exact) mass is 340 g/mol. The first kappa shape index (κ1) is 16.4. The van der Waals surface area contributed by atoms with Crippen LogP contribution in [0.15, 0.2) is 28.8 Å². The molecule has 9 heteroatoms. The van der Waals surface area contributed by atoms with E-state index >= 15 is 0 Å². The molecule has 0 saturated carbocycles. The molecule has 2 N–H and O–H groups in total. The Hall–Kier alpha value is -2.42. The molecule has 6 nitrogen and oxygen atoms in total. The molecule has 2 aromatic rings. The van der Waals surface area contributed by atoms with Crippen LogP contribution in [0.2, 0.25) is 0 Å². The zero-order chi connectivity index (χ0) is 17.3. The van der Waals surface area contributed by atoms with Crippen molar-refractivity contribution < 1.29 is 22.5 Å². The molecule has 24 heavy (non-hydrogen) atoms. The summed E-state index contributed by atoms with van der Waals surface area (Å²) >= 11 is 0. The number of aromatic nitrogens is 2. The van der Waals surface area contributed by atoms with E-state index in [0.29, 0.717) is 26.1 Å². The zero-order valence-electron chi connectivity index (χ0n) is 12.6. The summed E-state index contributed by atoms with van der Waals surface area (Å²) in [5, 5.41) is 3.73. The van der Waals surface area contributed by atoms with Crippen LogP contribution in [-0.2, 0) is 17.5 Å². The highest BCUT2D eigenvalue weighted by molar-refractivity contribution is 5.77. The van der Waals surface area contributed by atoms with Gasteiger partial charge in [0.1, 0.15) is 0 Å². The third-order valence-corrected chi connectivity index (χ3v) is 3.95. The third-order valence-electron chi connectivity index (χ3n) is 3.95. The van der Waals surface area contributed by atoms with Crippen LogP contribution in [0.3, 0.4) is 0 Å². The van der Waals surface area contributed by atoms with Gasteiger partial charge in [-0.15, -0.1) is 0 Å². The van der Waals surface area contributed by atoms with Crippen molar-refractivity contribution in [3.05, 3.63) is 35.7 Å². The Morgan fingerprint density at radius 3 is 2.88 bits per heavy atom. The van der Waals surface area contributed by atoms with Crippen molar-refractivity contribution in [2.75, 3.05) is 13.1 Å². The lowest BCUT2D eigenvalue weighted by Crippen LogP contribution is -2.27. The minimum Gasteiger partial charge on any atom is -0.369 e. The maximum absolute atomic E-state index is 12.8. The normalized spacial score (nSPS) is 18.9. The van der Waals surface area contributed by atoms with Gasteiger partial charge in [0, 0.05) is 12.1 Å². The molecule has 0 spiro atoms. The standard InChI is InChI=1S/C15H15F3N4O2/c16-15(17,18)11-3-1-2-9(6-11)14-20-12(24-21-14)8-22-5-4-10(7-22)13(19)23/h1-3,6,10H,4-5,7-8H2,(H2,19,23). The number of primary amides is 1. The Kier molecular flexibility index (Phi) is 4.27. The lowest BCUT2D eigenvalue weighted by Gasteiger charge is -2.11. The van der Waals surface area contributed by atoms with Crippen molar-refractivity contribution in [1.82, 2.24) is 15.0 Å². The van der Waals surface area contributed by atoms with Crippen LogP contribution in [0.4, 0.5) is 13.2 Å². The van der Waals surface area contributed by atoms with Gasteiger partial charge in [0.05, 0.1) is 18.0 Å². The fourth-order valence-electron chi connectivity index (χ4n) is 2.67. The number of rotatable bonds is 4. The summed E-state index contributed by atoms with van der Waals surface area (Å²) in [5.41, 5.74) is 4.74. The molecule has 1 fully saturated rings. The van der Waals surface area contributed by atoms with Gasteiger partial charge in [-0.3, -0.25) is 9.69 Å². The van der Waals surface area contributed by atoms with Crippen molar-refractivity contribution in [1.29, 1.82) is 0 Å². The lowest BCUT2D eigenvalue weighted by atomic mass is 10.1. The maximum atomic E-state index is 12.8. The van der Waals surface area contributed by atoms with E-state index in [1.807, 2.05) is 4.90 Å². The molecule has 0 aliphatic carbocycles. The molecule has 0 bridgehead atoms. The van der Waals surface area contributed by atoms with E-state index in [4.69, 9.17) is 10.3 Å². The fraction of sp³-hybridized carbons (Fsp3) is 0.400. The second-order valence-electron chi connectivity index (χ2n) is 5.71. The first-order valence-electron chi connectivity index (χ1n) is 7.35. The van der Waals surface area contributed by atoms with E-state index in [-0.39, 0.29) is 29.1 Å². The number of likely N-dealkylation sites (tertiary alicyclic amines) is 1. The van der Waals surface area contributed by atoms with Crippen LogP contribution in [0.1, 0.15) is 17.9 Å². The molecule has 1 aromatic carbocycles. The van der Waals surface area contributed by atoms with Crippen molar-refractivity contribution in [2.24, 2.45) is 11.7 Å². The predicted octanol–water partition coefficient (Wildman–Crippen LogP) is 2.06. The summed E-state index contributed by atoms with van der Waals surface area (Å²) in [6.45, 7) is 1.52. The first-order chi connectivity index (χ1) is 11.3. The molecule has 1 unspecified atom stereocenters. The first-order valence-corrected chi connectivity index (χ1v) is 7.35.